The molecular weight excluding hydrogens is 250 g/mol. The Morgan fingerprint density at radius 1 is 1.20 bits per heavy atom. The van der Waals surface area contributed by atoms with Gasteiger partial charge in [-0.25, -0.2) is 4.98 Å². The quantitative estimate of drug-likeness (QED) is 0.770. The number of aryl methyl sites for hydroxylation is 1. The molecule has 0 aliphatic carbocycles. The fourth-order valence-electron chi connectivity index (χ4n) is 2.34. The average molecular weight is 263 g/mol. The summed E-state index contributed by atoms with van der Waals surface area (Å²) in [7, 11) is 1.60. The highest BCUT2D eigenvalue weighted by Crippen LogP contribution is 2.33. The van der Waals surface area contributed by atoms with Crippen LogP contribution < -0.4 is 4.74 Å². The van der Waals surface area contributed by atoms with Crippen molar-refractivity contribution >= 4 is 10.9 Å². The summed E-state index contributed by atoms with van der Waals surface area (Å²) in [6, 6.07) is 13.9. The Hall–Kier alpha value is -2.80. The van der Waals surface area contributed by atoms with Gasteiger partial charge in [0.25, 0.3) is 0 Å². The number of benzene rings is 1. The number of para-hydroxylation sites is 1. The van der Waals surface area contributed by atoms with Crippen LogP contribution in [0.3, 0.4) is 0 Å². The molecule has 4 nitrogen and oxygen atoms in total. The molecule has 0 saturated heterocycles. The van der Waals surface area contributed by atoms with Gasteiger partial charge < -0.3 is 9.72 Å². The number of rotatable bonds is 2. The first-order chi connectivity index (χ1) is 9.72. The van der Waals surface area contributed by atoms with Crippen LogP contribution in [0.5, 0.6) is 5.88 Å². The molecular formula is C16H13N3O. The predicted octanol–water partition coefficient (Wildman–Crippen LogP) is 3.42. The van der Waals surface area contributed by atoms with Crippen LogP contribution in [-0.4, -0.2) is 17.1 Å². The van der Waals surface area contributed by atoms with Gasteiger partial charge in [0.05, 0.1) is 12.6 Å². The average Bonchev–Trinajstić information content (AvgIpc) is 2.86. The zero-order valence-electron chi connectivity index (χ0n) is 11.3. The molecule has 0 radical (unpaired) electrons. The van der Waals surface area contributed by atoms with Crippen molar-refractivity contribution in [3.05, 3.63) is 47.8 Å². The summed E-state index contributed by atoms with van der Waals surface area (Å²) in [6.45, 7) is 1.94. The Morgan fingerprint density at radius 3 is 2.70 bits per heavy atom. The summed E-state index contributed by atoms with van der Waals surface area (Å²) >= 11 is 0. The van der Waals surface area contributed by atoms with Crippen LogP contribution in [0.15, 0.2) is 36.4 Å². The number of fused-ring (bicyclic) bond motifs is 1. The van der Waals surface area contributed by atoms with Crippen LogP contribution in [0.4, 0.5) is 0 Å². The zero-order chi connectivity index (χ0) is 14.1. The molecule has 1 aromatic carbocycles. The van der Waals surface area contributed by atoms with E-state index in [2.05, 4.69) is 16.0 Å². The van der Waals surface area contributed by atoms with E-state index in [1.807, 2.05) is 43.3 Å². The molecule has 0 aliphatic rings. The number of H-pyrrole nitrogens is 1. The van der Waals surface area contributed by atoms with E-state index in [0.717, 1.165) is 27.7 Å². The Morgan fingerprint density at radius 2 is 2.00 bits per heavy atom. The van der Waals surface area contributed by atoms with Gasteiger partial charge in [0.1, 0.15) is 11.8 Å². The van der Waals surface area contributed by atoms with Crippen molar-refractivity contribution in [2.75, 3.05) is 7.11 Å². The number of nitrogens with one attached hydrogen (secondary N) is 1. The van der Waals surface area contributed by atoms with Gasteiger partial charge in [-0.2, -0.15) is 5.26 Å². The molecule has 4 heteroatoms. The number of aromatic nitrogens is 2. The first kappa shape index (κ1) is 12.2. The van der Waals surface area contributed by atoms with E-state index >= 15 is 0 Å². The van der Waals surface area contributed by atoms with Crippen LogP contribution in [0, 0.1) is 18.3 Å². The summed E-state index contributed by atoms with van der Waals surface area (Å²) < 4.78 is 5.40. The third kappa shape index (κ3) is 1.90. The molecule has 20 heavy (non-hydrogen) atoms. The van der Waals surface area contributed by atoms with Gasteiger partial charge in [0, 0.05) is 22.2 Å². The predicted molar refractivity (Wildman–Crippen MR) is 77.5 cm³/mol. The molecule has 2 aromatic heterocycles. The van der Waals surface area contributed by atoms with Crippen molar-refractivity contribution < 1.29 is 4.74 Å². The molecule has 1 N–H and O–H groups in total. The molecule has 98 valence electrons. The van der Waals surface area contributed by atoms with Crippen LogP contribution in [0.1, 0.15) is 11.4 Å². The third-order valence-electron chi connectivity index (χ3n) is 3.31. The zero-order valence-corrected chi connectivity index (χ0v) is 11.3. The second-order valence-electron chi connectivity index (χ2n) is 4.57. The van der Waals surface area contributed by atoms with E-state index in [1.165, 1.54) is 0 Å². The number of ether oxygens (including phenoxy) is 1. The Balaban J connectivity index is 2.28. The molecule has 3 rings (SSSR count). The normalized spacial score (nSPS) is 10.4. The third-order valence-corrected chi connectivity index (χ3v) is 3.31. The smallest absolute Gasteiger partial charge is 0.221 e. The monoisotopic (exact) mass is 263 g/mol. The van der Waals surface area contributed by atoms with Gasteiger partial charge in [-0.05, 0) is 25.1 Å². The number of nitriles is 1. The van der Waals surface area contributed by atoms with Crippen LogP contribution in [-0.2, 0) is 0 Å². The number of hydrogen-bond acceptors (Lipinski definition) is 3. The molecule has 0 aliphatic heterocycles. The lowest BCUT2D eigenvalue weighted by molar-refractivity contribution is 0.401. The minimum Gasteiger partial charge on any atom is -0.481 e. The maximum Gasteiger partial charge on any atom is 0.221 e. The lowest BCUT2D eigenvalue weighted by Crippen LogP contribution is -1.93. The summed E-state index contributed by atoms with van der Waals surface area (Å²) in [5.74, 6) is 0.565. The first-order valence-corrected chi connectivity index (χ1v) is 6.27. The van der Waals surface area contributed by atoms with Gasteiger partial charge in [0.2, 0.25) is 5.88 Å². The standard InChI is InChI=1S/C16H13N3O/c1-10-13(8-12(9-17)18-10)14-7-11-5-3-4-6-15(11)19-16(14)20-2/h3-8,18H,1-2H3. The summed E-state index contributed by atoms with van der Waals surface area (Å²) in [6.07, 6.45) is 0. The van der Waals surface area contributed by atoms with Crippen molar-refractivity contribution in [1.82, 2.24) is 9.97 Å². The Kier molecular flexibility index (Phi) is 2.88. The number of pyridine rings is 1. The molecule has 0 unspecified atom stereocenters. The first-order valence-electron chi connectivity index (χ1n) is 6.27. The number of methoxy groups -OCH3 is 1. The van der Waals surface area contributed by atoms with E-state index in [4.69, 9.17) is 10.00 Å². The molecule has 2 heterocycles. The van der Waals surface area contributed by atoms with E-state index < -0.39 is 0 Å². The van der Waals surface area contributed by atoms with E-state index in [9.17, 15) is 0 Å². The van der Waals surface area contributed by atoms with Gasteiger partial charge >= 0.3 is 0 Å². The lowest BCUT2D eigenvalue weighted by atomic mass is 10.0. The van der Waals surface area contributed by atoms with Crippen LogP contribution in [0.2, 0.25) is 0 Å². The number of nitrogens with zero attached hydrogens (tertiary/aromatic N) is 2. The Labute approximate surface area is 116 Å². The lowest BCUT2D eigenvalue weighted by Gasteiger charge is -2.09. The SMILES string of the molecule is COc1nc2ccccc2cc1-c1cc(C#N)[nH]c1C. The maximum atomic E-state index is 8.99. The van der Waals surface area contributed by atoms with E-state index in [-0.39, 0.29) is 0 Å². The van der Waals surface area contributed by atoms with Crippen LogP contribution in [0.25, 0.3) is 22.0 Å². The molecule has 3 aromatic rings. The number of hydrogen-bond donors (Lipinski definition) is 1. The molecule has 0 spiro atoms. The molecule has 0 bridgehead atoms. The minimum atomic E-state index is 0.535. The van der Waals surface area contributed by atoms with Crippen molar-refractivity contribution in [2.24, 2.45) is 0 Å². The van der Waals surface area contributed by atoms with Crippen molar-refractivity contribution in [3.63, 3.8) is 0 Å². The highest BCUT2D eigenvalue weighted by molar-refractivity contribution is 5.87. The topological polar surface area (TPSA) is 61.7 Å². The van der Waals surface area contributed by atoms with Crippen molar-refractivity contribution in [3.8, 4) is 23.1 Å². The highest BCUT2D eigenvalue weighted by atomic mass is 16.5. The molecule has 0 fully saturated rings. The minimum absolute atomic E-state index is 0.535. The Bertz CT molecular complexity index is 827. The number of aromatic amines is 1. The molecule has 0 amide bonds. The molecule has 0 atom stereocenters. The second-order valence-corrected chi connectivity index (χ2v) is 4.57. The fraction of sp³-hybridized carbons (Fsp3) is 0.125. The summed E-state index contributed by atoms with van der Waals surface area (Å²) in [5, 5.41) is 10.0. The van der Waals surface area contributed by atoms with Gasteiger partial charge in [0.15, 0.2) is 0 Å². The van der Waals surface area contributed by atoms with Gasteiger partial charge in [-0.15, -0.1) is 0 Å². The van der Waals surface area contributed by atoms with Gasteiger partial charge in [-0.1, -0.05) is 18.2 Å². The maximum absolute atomic E-state index is 8.99. The fourth-order valence-corrected chi connectivity index (χ4v) is 2.34. The summed E-state index contributed by atoms with van der Waals surface area (Å²) in [5.41, 5.74) is 4.18. The summed E-state index contributed by atoms with van der Waals surface area (Å²) in [4.78, 5) is 7.57. The van der Waals surface area contributed by atoms with E-state index in [1.54, 1.807) is 7.11 Å². The molecule has 0 saturated carbocycles. The van der Waals surface area contributed by atoms with Crippen LogP contribution >= 0.6 is 0 Å². The largest absolute Gasteiger partial charge is 0.481 e. The highest BCUT2D eigenvalue weighted by Gasteiger charge is 2.14. The van der Waals surface area contributed by atoms with Crippen molar-refractivity contribution in [2.45, 2.75) is 6.92 Å². The second kappa shape index (κ2) is 4.71. The van der Waals surface area contributed by atoms with Gasteiger partial charge in [-0.3, -0.25) is 0 Å². The van der Waals surface area contributed by atoms with E-state index in [0.29, 0.717) is 11.6 Å². The van der Waals surface area contributed by atoms with Crippen molar-refractivity contribution in [1.29, 1.82) is 5.26 Å².